The lowest BCUT2D eigenvalue weighted by Crippen LogP contribution is -2.29. The van der Waals surface area contributed by atoms with Gasteiger partial charge >= 0.3 is 5.97 Å². The van der Waals surface area contributed by atoms with E-state index in [0.717, 1.165) is 5.56 Å². The minimum atomic E-state index is -3.64. The fourth-order valence-corrected chi connectivity index (χ4v) is 3.72. The van der Waals surface area contributed by atoms with Crippen LogP contribution in [-0.2, 0) is 22.9 Å². The number of benzene rings is 1. The number of aromatic carboxylic acids is 1. The summed E-state index contributed by atoms with van der Waals surface area (Å²) < 4.78 is 31.7. The van der Waals surface area contributed by atoms with Crippen LogP contribution < -0.4 is 9.62 Å². The van der Waals surface area contributed by atoms with Crippen LogP contribution in [0.25, 0.3) is 0 Å². The first-order valence-corrected chi connectivity index (χ1v) is 9.51. The monoisotopic (exact) mass is 378 g/mol. The SMILES string of the molecule is CCc1oc(C(=O)N2CCc3ccc(S(=O)(=O)NC)cc32)cc1C(=O)O. The minimum absolute atomic E-state index is 0.0400. The maximum absolute atomic E-state index is 12.8. The van der Waals surface area contributed by atoms with E-state index in [1.807, 2.05) is 0 Å². The molecule has 1 amide bonds. The molecule has 9 heteroatoms. The Labute approximate surface area is 150 Å². The summed E-state index contributed by atoms with van der Waals surface area (Å²) >= 11 is 0. The second-order valence-corrected chi connectivity index (χ2v) is 7.70. The number of carbonyl (C=O) groups is 2. The number of aryl methyl sites for hydroxylation is 1. The number of carbonyl (C=O) groups excluding carboxylic acids is 1. The van der Waals surface area contributed by atoms with Gasteiger partial charge in [-0.15, -0.1) is 0 Å². The van der Waals surface area contributed by atoms with Crippen LogP contribution in [-0.4, -0.2) is 39.0 Å². The average Bonchev–Trinajstić information content (AvgIpc) is 3.24. The van der Waals surface area contributed by atoms with E-state index in [1.54, 1.807) is 13.0 Å². The molecular weight excluding hydrogens is 360 g/mol. The predicted octanol–water partition coefficient (Wildman–Crippen LogP) is 1.65. The standard InChI is InChI=1S/C17H18N2O6S/c1-3-14-12(17(21)22)9-15(25-14)16(20)19-7-6-10-4-5-11(8-13(10)19)26(23,24)18-2/h4-5,8-9,18H,3,6-7H2,1-2H3,(H,21,22). The summed E-state index contributed by atoms with van der Waals surface area (Å²) in [4.78, 5) is 25.5. The highest BCUT2D eigenvalue weighted by Crippen LogP contribution is 2.32. The predicted molar refractivity (Wildman–Crippen MR) is 93.1 cm³/mol. The van der Waals surface area contributed by atoms with Gasteiger partial charge in [-0.2, -0.15) is 0 Å². The van der Waals surface area contributed by atoms with Crippen LogP contribution in [0.4, 0.5) is 5.69 Å². The second-order valence-electron chi connectivity index (χ2n) is 5.81. The van der Waals surface area contributed by atoms with Crippen LogP contribution in [0.1, 0.15) is 39.2 Å². The number of carboxylic acids is 1. The number of anilines is 1. The van der Waals surface area contributed by atoms with Crippen molar-refractivity contribution in [3.63, 3.8) is 0 Å². The molecule has 2 aromatic rings. The second kappa shape index (κ2) is 6.58. The first kappa shape index (κ1) is 18.2. The summed E-state index contributed by atoms with van der Waals surface area (Å²) in [5, 5.41) is 9.21. The van der Waals surface area contributed by atoms with Crippen LogP contribution in [0.2, 0.25) is 0 Å². The molecule has 138 valence electrons. The van der Waals surface area contributed by atoms with Crippen molar-refractivity contribution in [3.05, 3.63) is 46.9 Å². The maximum atomic E-state index is 12.8. The number of hydrogen-bond donors (Lipinski definition) is 2. The molecule has 2 heterocycles. The lowest BCUT2D eigenvalue weighted by atomic mass is 10.2. The number of amides is 1. The average molecular weight is 378 g/mol. The normalized spacial score (nSPS) is 13.7. The van der Waals surface area contributed by atoms with E-state index in [-0.39, 0.29) is 22.0 Å². The highest BCUT2D eigenvalue weighted by molar-refractivity contribution is 7.89. The van der Waals surface area contributed by atoms with Gasteiger partial charge in [-0.1, -0.05) is 13.0 Å². The van der Waals surface area contributed by atoms with Crippen molar-refractivity contribution in [2.45, 2.75) is 24.7 Å². The highest BCUT2D eigenvalue weighted by atomic mass is 32.2. The Balaban J connectivity index is 2.00. The van der Waals surface area contributed by atoms with Crippen LogP contribution >= 0.6 is 0 Å². The van der Waals surface area contributed by atoms with E-state index in [0.29, 0.717) is 25.1 Å². The van der Waals surface area contributed by atoms with Crippen molar-refractivity contribution in [3.8, 4) is 0 Å². The van der Waals surface area contributed by atoms with Gasteiger partial charge in [0.15, 0.2) is 5.76 Å². The summed E-state index contributed by atoms with van der Waals surface area (Å²) in [5.74, 6) is -1.50. The molecule has 1 aromatic heterocycles. The smallest absolute Gasteiger partial charge is 0.339 e. The van der Waals surface area contributed by atoms with Crippen molar-refractivity contribution in [2.24, 2.45) is 0 Å². The van der Waals surface area contributed by atoms with E-state index < -0.39 is 21.9 Å². The summed E-state index contributed by atoms with van der Waals surface area (Å²) in [6, 6.07) is 5.82. The molecule has 0 bridgehead atoms. The maximum Gasteiger partial charge on any atom is 0.339 e. The van der Waals surface area contributed by atoms with Crippen molar-refractivity contribution in [1.29, 1.82) is 0 Å². The number of furan rings is 1. The van der Waals surface area contributed by atoms with Gasteiger partial charge in [0, 0.05) is 24.7 Å². The molecule has 0 aliphatic carbocycles. The summed E-state index contributed by atoms with van der Waals surface area (Å²) in [7, 11) is -2.33. The van der Waals surface area contributed by atoms with Gasteiger partial charge in [0.25, 0.3) is 5.91 Å². The fourth-order valence-electron chi connectivity index (χ4n) is 2.97. The Morgan fingerprint density at radius 1 is 1.31 bits per heavy atom. The molecule has 0 unspecified atom stereocenters. The van der Waals surface area contributed by atoms with Crippen molar-refractivity contribution < 1.29 is 27.5 Å². The van der Waals surface area contributed by atoms with E-state index in [9.17, 15) is 23.1 Å². The van der Waals surface area contributed by atoms with Gasteiger partial charge in [-0.3, -0.25) is 4.79 Å². The minimum Gasteiger partial charge on any atom is -0.478 e. The number of nitrogens with zero attached hydrogens (tertiary/aromatic N) is 1. The van der Waals surface area contributed by atoms with E-state index in [1.165, 1.54) is 30.1 Å². The summed E-state index contributed by atoms with van der Waals surface area (Å²) in [6.07, 6.45) is 0.921. The zero-order valence-electron chi connectivity index (χ0n) is 14.3. The van der Waals surface area contributed by atoms with Gasteiger partial charge < -0.3 is 14.4 Å². The number of rotatable bonds is 5. The molecule has 0 radical (unpaired) electrons. The summed E-state index contributed by atoms with van der Waals surface area (Å²) in [6.45, 7) is 2.10. The quantitative estimate of drug-likeness (QED) is 0.817. The number of carboxylic acid groups (broad SMARTS) is 1. The topological polar surface area (TPSA) is 117 Å². The molecule has 1 aromatic carbocycles. The zero-order valence-corrected chi connectivity index (χ0v) is 15.1. The highest BCUT2D eigenvalue weighted by Gasteiger charge is 2.30. The molecule has 0 fully saturated rings. The third kappa shape index (κ3) is 2.99. The Bertz CT molecular complexity index is 993. The van der Waals surface area contributed by atoms with Crippen LogP contribution in [0.3, 0.4) is 0 Å². The number of nitrogens with one attached hydrogen (secondary N) is 1. The fraction of sp³-hybridized carbons (Fsp3) is 0.294. The molecule has 0 saturated carbocycles. The summed E-state index contributed by atoms with van der Waals surface area (Å²) in [5.41, 5.74) is 1.29. The lowest BCUT2D eigenvalue weighted by molar-refractivity contribution is 0.0694. The van der Waals surface area contributed by atoms with Crippen LogP contribution in [0.15, 0.2) is 33.6 Å². The Morgan fingerprint density at radius 3 is 2.62 bits per heavy atom. The van der Waals surface area contributed by atoms with Gasteiger partial charge in [0.1, 0.15) is 11.3 Å². The van der Waals surface area contributed by atoms with E-state index >= 15 is 0 Å². The first-order valence-electron chi connectivity index (χ1n) is 8.02. The molecule has 0 spiro atoms. The first-order chi connectivity index (χ1) is 12.3. The lowest BCUT2D eigenvalue weighted by Gasteiger charge is -2.16. The number of fused-ring (bicyclic) bond motifs is 1. The molecule has 2 N–H and O–H groups in total. The van der Waals surface area contributed by atoms with Crippen LogP contribution in [0, 0.1) is 0 Å². The van der Waals surface area contributed by atoms with Gasteiger partial charge in [-0.25, -0.2) is 17.9 Å². The van der Waals surface area contributed by atoms with Crippen LogP contribution in [0.5, 0.6) is 0 Å². The molecule has 1 aliphatic rings. The van der Waals surface area contributed by atoms with Crippen molar-refractivity contribution >= 4 is 27.6 Å². The van der Waals surface area contributed by atoms with Gasteiger partial charge in [-0.05, 0) is 31.2 Å². The molecule has 3 rings (SSSR count). The molecule has 0 atom stereocenters. The third-order valence-corrected chi connectivity index (χ3v) is 5.76. The van der Waals surface area contributed by atoms with E-state index in [4.69, 9.17) is 4.42 Å². The van der Waals surface area contributed by atoms with Crippen molar-refractivity contribution in [2.75, 3.05) is 18.5 Å². The molecular formula is C17H18N2O6S. The largest absolute Gasteiger partial charge is 0.478 e. The third-order valence-electron chi connectivity index (χ3n) is 4.35. The Kier molecular flexibility index (Phi) is 4.59. The van der Waals surface area contributed by atoms with Gasteiger partial charge in [0.05, 0.1) is 4.90 Å². The van der Waals surface area contributed by atoms with E-state index in [2.05, 4.69) is 4.72 Å². The van der Waals surface area contributed by atoms with Crippen molar-refractivity contribution in [1.82, 2.24) is 4.72 Å². The number of hydrogen-bond acceptors (Lipinski definition) is 5. The zero-order chi connectivity index (χ0) is 19.1. The molecule has 8 nitrogen and oxygen atoms in total. The number of sulfonamides is 1. The molecule has 1 aliphatic heterocycles. The Morgan fingerprint density at radius 2 is 2.04 bits per heavy atom. The Hall–Kier alpha value is -2.65. The molecule has 0 saturated heterocycles. The van der Waals surface area contributed by atoms with Gasteiger partial charge in [0.2, 0.25) is 10.0 Å². The molecule has 26 heavy (non-hydrogen) atoms.